The molecule has 1 fully saturated rings. The van der Waals surface area contributed by atoms with Crippen LogP contribution in [0.5, 0.6) is 0 Å². The highest BCUT2D eigenvalue weighted by Gasteiger charge is 2.28. The molecule has 1 aliphatic rings. The second-order valence-electron chi connectivity index (χ2n) is 5.67. The monoisotopic (exact) mass is 355 g/mol. The molecular weight excluding hydrogens is 330 g/mol. The summed E-state index contributed by atoms with van der Waals surface area (Å²) in [6, 6.07) is 8.44. The van der Waals surface area contributed by atoms with Gasteiger partial charge in [-0.05, 0) is 32.4 Å². The van der Waals surface area contributed by atoms with Gasteiger partial charge in [-0.1, -0.05) is 17.7 Å². The van der Waals surface area contributed by atoms with Gasteiger partial charge in [0.2, 0.25) is 0 Å². The maximum Gasteiger partial charge on any atom is 0.191 e. The highest BCUT2D eigenvalue weighted by Crippen LogP contribution is 2.17. The lowest BCUT2D eigenvalue weighted by Gasteiger charge is -2.15. The fourth-order valence-electron chi connectivity index (χ4n) is 2.38. The summed E-state index contributed by atoms with van der Waals surface area (Å²) in [5.74, 6) is 2.07. The summed E-state index contributed by atoms with van der Waals surface area (Å²) in [6.45, 7) is 5.53. The summed E-state index contributed by atoms with van der Waals surface area (Å²) in [6.07, 6.45) is 0.658. The average Bonchev–Trinajstić information content (AvgIpc) is 2.84. The molecule has 0 bridgehead atoms. The Morgan fingerprint density at radius 1 is 1.35 bits per heavy atom. The van der Waals surface area contributed by atoms with Gasteiger partial charge in [0.1, 0.15) is 0 Å². The van der Waals surface area contributed by atoms with Crippen molar-refractivity contribution in [3.05, 3.63) is 29.8 Å². The van der Waals surface area contributed by atoms with Gasteiger partial charge < -0.3 is 10.6 Å². The summed E-state index contributed by atoms with van der Waals surface area (Å²) in [4.78, 5) is 5.78. The minimum Gasteiger partial charge on any atom is -0.357 e. The zero-order valence-corrected chi connectivity index (χ0v) is 15.3. The van der Waals surface area contributed by atoms with Crippen molar-refractivity contribution in [1.29, 1.82) is 0 Å². The Morgan fingerprint density at radius 2 is 2.09 bits per heavy atom. The van der Waals surface area contributed by atoms with E-state index in [4.69, 9.17) is 0 Å². The van der Waals surface area contributed by atoms with Crippen LogP contribution < -0.4 is 10.6 Å². The highest BCUT2D eigenvalue weighted by atomic mass is 32.2. The van der Waals surface area contributed by atoms with Crippen molar-refractivity contribution in [2.75, 3.05) is 30.3 Å². The average molecular weight is 356 g/mol. The summed E-state index contributed by atoms with van der Waals surface area (Å²) in [5.41, 5.74) is 1.26. The number of rotatable bonds is 6. The number of aliphatic imine (C=N–C) groups is 1. The summed E-state index contributed by atoms with van der Waals surface area (Å²) in [7, 11) is -2.87. The minimum absolute atomic E-state index is 0.0254. The molecule has 0 aromatic heterocycles. The number of nitrogens with one attached hydrogen (secondary N) is 2. The molecule has 1 aromatic carbocycles. The lowest BCUT2D eigenvalue weighted by molar-refractivity contribution is 0.599. The van der Waals surface area contributed by atoms with Crippen LogP contribution in [0.15, 0.2) is 34.2 Å². The maximum absolute atomic E-state index is 11.5. The largest absolute Gasteiger partial charge is 0.357 e. The summed E-state index contributed by atoms with van der Waals surface area (Å²) in [5, 5.41) is 6.41. The van der Waals surface area contributed by atoms with Gasteiger partial charge >= 0.3 is 0 Å². The number of thioether (sulfide) groups is 1. The first kappa shape index (κ1) is 18.1. The van der Waals surface area contributed by atoms with Crippen LogP contribution in [0.2, 0.25) is 0 Å². The van der Waals surface area contributed by atoms with E-state index in [1.54, 1.807) is 11.8 Å². The van der Waals surface area contributed by atoms with E-state index < -0.39 is 9.84 Å². The third kappa shape index (κ3) is 6.43. The number of benzene rings is 1. The lowest BCUT2D eigenvalue weighted by atomic mass is 10.2. The van der Waals surface area contributed by atoms with Gasteiger partial charge in [0.05, 0.1) is 18.1 Å². The first-order valence-electron chi connectivity index (χ1n) is 7.93. The zero-order chi connectivity index (χ0) is 16.7. The molecule has 0 amide bonds. The van der Waals surface area contributed by atoms with Crippen LogP contribution in [0.3, 0.4) is 0 Å². The van der Waals surface area contributed by atoms with Crippen LogP contribution in [0.25, 0.3) is 0 Å². The van der Waals surface area contributed by atoms with E-state index >= 15 is 0 Å². The van der Waals surface area contributed by atoms with Crippen LogP contribution >= 0.6 is 11.8 Å². The molecule has 1 unspecified atom stereocenters. The Kier molecular flexibility index (Phi) is 6.77. The second kappa shape index (κ2) is 8.59. The molecule has 0 aliphatic carbocycles. The highest BCUT2D eigenvalue weighted by molar-refractivity contribution is 7.99. The van der Waals surface area contributed by atoms with E-state index in [0.29, 0.717) is 18.9 Å². The molecule has 1 aromatic rings. The first-order valence-corrected chi connectivity index (χ1v) is 10.7. The van der Waals surface area contributed by atoms with Crippen LogP contribution in [0, 0.1) is 6.92 Å². The lowest BCUT2D eigenvalue weighted by Crippen LogP contribution is -2.44. The molecule has 1 aliphatic heterocycles. The molecule has 5 nitrogen and oxygen atoms in total. The quantitative estimate of drug-likeness (QED) is 0.353. The summed E-state index contributed by atoms with van der Waals surface area (Å²) >= 11 is 1.77. The van der Waals surface area contributed by atoms with Gasteiger partial charge in [0.15, 0.2) is 15.8 Å². The molecule has 128 valence electrons. The Bertz CT molecular complexity index is 627. The molecule has 23 heavy (non-hydrogen) atoms. The second-order valence-corrected chi connectivity index (χ2v) is 9.06. The number of hydrogen-bond donors (Lipinski definition) is 2. The third-order valence-electron chi connectivity index (χ3n) is 3.57. The number of sulfone groups is 1. The molecule has 0 spiro atoms. The van der Waals surface area contributed by atoms with E-state index in [1.807, 2.05) is 6.92 Å². The van der Waals surface area contributed by atoms with E-state index in [0.717, 1.165) is 12.3 Å². The topological polar surface area (TPSA) is 70.6 Å². The standard InChI is InChI=1S/C16H25N3O2S2/c1-3-17-16(19-14-8-11-23(20,21)12-14)18-9-10-22-15-6-4-13(2)5-7-15/h4-7,14H,3,8-12H2,1-2H3,(H2,17,18,19). The van der Waals surface area contributed by atoms with Crippen molar-refractivity contribution in [2.24, 2.45) is 4.99 Å². The predicted molar refractivity (Wildman–Crippen MR) is 98.1 cm³/mol. The van der Waals surface area contributed by atoms with E-state index in [1.165, 1.54) is 10.5 Å². The van der Waals surface area contributed by atoms with Crippen LogP contribution in [-0.2, 0) is 9.84 Å². The van der Waals surface area contributed by atoms with Crippen LogP contribution in [0.1, 0.15) is 18.9 Å². The van der Waals surface area contributed by atoms with Gasteiger partial charge in [-0.15, -0.1) is 11.8 Å². The van der Waals surface area contributed by atoms with Crippen molar-refractivity contribution in [3.8, 4) is 0 Å². The number of nitrogens with zero attached hydrogens (tertiary/aromatic N) is 1. The van der Waals surface area contributed by atoms with Gasteiger partial charge in [0.25, 0.3) is 0 Å². The van der Waals surface area contributed by atoms with Crippen molar-refractivity contribution < 1.29 is 8.42 Å². The molecule has 1 saturated heterocycles. The van der Waals surface area contributed by atoms with Crippen molar-refractivity contribution in [3.63, 3.8) is 0 Å². The number of aryl methyl sites for hydroxylation is 1. The van der Waals surface area contributed by atoms with E-state index in [-0.39, 0.29) is 17.5 Å². The minimum atomic E-state index is -2.87. The molecule has 2 N–H and O–H groups in total. The fourth-order valence-corrected chi connectivity index (χ4v) is 4.80. The third-order valence-corrected chi connectivity index (χ3v) is 6.33. The number of hydrogen-bond acceptors (Lipinski definition) is 4. The SMILES string of the molecule is CCNC(=NCCSc1ccc(C)cc1)NC1CCS(=O)(=O)C1. The van der Waals surface area contributed by atoms with E-state index in [9.17, 15) is 8.42 Å². The van der Waals surface area contributed by atoms with Gasteiger partial charge in [-0.2, -0.15) is 0 Å². The molecule has 1 atom stereocenters. The Balaban J connectivity index is 1.80. The molecule has 2 rings (SSSR count). The van der Waals surface area contributed by atoms with Crippen LogP contribution in [-0.4, -0.2) is 50.8 Å². The van der Waals surface area contributed by atoms with Gasteiger partial charge in [0, 0.05) is 23.2 Å². The molecule has 7 heteroatoms. The van der Waals surface area contributed by atoms with Gasteiger partial charge in [-0.25, -0.2) is 8.42 Å². The van der Waals surface area contributed by atoms with Crippen molar-refractivity contribution in [2.45, 2.75) is 31.2 Å². The van der Waals surface area contributed by atoms with Crippen molar-refractivity contribution >= 4 is 27.6 Å². The van der Waals surface area contributed by atoms with Crippen molar-refractivity contribution in [1.82, 2.24) is 10.6 Å². The summed E-state index contributed by atoms with van der Waals surface area (Å²) < 4.78 is 23.0. The normalized spacial score (nSPS) is 20.4. The van der Waals surface area contributed by atoms with E-state index in [2.05, 4.69) is 46.8 Å². The smallest absolute Gasteiger partial charge is 0.191 e. The Labute approximate surface area is 143 Å². The number of guanidine groups is 1. The molecular formula is C16H25N3O2S2. The predicted octanol–water partition coefficient (Wildman–Crippen LogP) is 1.83. The first-order chi connectivity index (χ1) is 11.0. The van der Waals surface area contributed by atoms with Crippen LogP contribution in [0.4, 0.5) is 0 Å². The molecule has 0 radical (unpaired) electrons. The molecule has 0 saturated carbocycles. The molecule has 1 heterocycles. The Morgan fingerprint density at radius 3 is 2.70 bits per heavy atom. The maximum atomic E-state index is 11.5. The van der Waals surface area contributed by atoms with Gasteiger partial charge in [-0.3, -0.25) is 4.99 Å². The Hall–Kier alpha value is -1.21. The zero-order valence-electron chi connectivity index (χ0n) is 13.7. The fraction of sp³-hybridized carbons (Fsp3) is 0.562.